The molecule has 2 aromatic carbocycles. The summed E-state index contributed by atoms with van der Waals surface area (Å²) in [6.07, 6.45) is 5.36. The predicted octanol–water partition coefficient (Wildman–Crippen LogP) is 5.85. The van der Waals surface area contributed by atoms with Crippen LogP contribution >= 0.6 is 0 Å². The van der Waals surface area contributed by atoms with Crippen LogP contribution in [0, 0.1) is 10.1 Å². The highest BCUT2D eigenvalue weighted by molar-refractivity contribution is 6.04. The number of nitro groups is 1. The molecule has 1 heterocycles. The van der Waals surface area contributed by atoms with Gasteiger partial charge < -0.3 is 19.5 Å². The molecule has 1 fully saturated rings. The van der Waals surface area contributed by atoms with Crippen LogP contribution in [0.15, 0.2) is 65.0 Å². The van der Waals surface area contributed by atoms with E-state index in [2.05, 4.69) is 5.32 Å². The molecule has 0 aromatic heterocycles. The number of allylic oxidation sites excluding steroid dienone is 3. The van der Waals surface area contributed by atoms with E-state index in [0.29, 0.717) is 40.3 Å². The van der Waals surface area contributed by atoms with E-state index >= 15 is 0 Å². The molecule has 2 aromatic rings. The largest absolute Gasteiger partial charge is 0.493 e. The molecule has 0 radical (unpaired) electrons. The lowest BCUT2D eigenvalue weighted by molar-refractivity contribution is -0.384. The number of carbonyl (C=O) groups is 2. The number of benzene rings is 2. The summed E-state index contributed by atoms with van der Waals surface area (Å²) in [6, 6.07) is 11.8. The first-order valence-corrected chi connectivity index (χ1v) is 13.7. The predicted molar refractivity (Wildman–Crippen MR) is 148 cm³/mol. The molecular weight excluding hydrogens is 512 g/mol. The number of nitrogens with one attached hydrogen (secondary N) is 1. The molecule has 2 atom stereocenters. The van der Waals surface area contributed by atoms with E-state index in [0.717, 1.165) is 43.4 Å². The molecule has 9 nitrogen and oxygen atoms in total. The Bertz CT molecular complexity index is 1400. The van der Waals surface area contributed by atoms with Gasteiger partial charge in [-0.15, -0.1) is 0 Å². The molecule has 0 spiro atoms. The van der Waals surface area contributed by atoms with E-state index in [-0.39, 0.29) is 29.9 Å². The van der Waals surface area contributed by atoms with Crippen LogP contribution in [0.3, 0.4) is 0 Å². The van der Waals surface area contributed by atoms with Crippen LogP contribution < -0.4 is 14.8 Å². The van der Waals surface area contributed by atoms with Gasteiger partial charge in [-0.1, -0.05) is 24.6 Å². The fourth-order valence-corrected chi connectivity index (χ4v) is 6.20. The number of ether oxygens (including phenoxy) is 3. The number of esters is 1. The van der Waals surface area contributed by atoms with Crippen molar-refractivity contribution in [3.05, 3.63) is 86.2 Å². The molecule has 40 heavy (non-hydrogen) atoms. The van der Waals surface area contributed by atoms with Crippen molar-refractivity contribution >= 4 is 17.4 Å². The van der Waals surface area contributed by atoms with Gasteiger partial charge in [-0.05, 0) is 68.2 Å². The summed E-state index contributed by atoms with van der Waals surface area (Å²) >= 11 is 0. The number of dihydropyridines is 1. The topological polar surface area (TPSA) is 117 Å². The molecule has 9 heteroatoms. The van der Waals surface area contributed by atoms with Crippen LogP contribution in [0.4, 0.5) is 5.69 Å². The second-order valence-corrected chi connectivity index (χ2v) is 10.6. The van der Waals surface area contributed by atoms with Crippen LogP contribution in [0.25, 0.3) is 0 Å². The monoisotopic (exact) mass is 546 g/mol. The highest BCUT2D eigenvalue weighted by Gasteiger charge is 2.42. The summed E-state index contributed by atoms with van der Waals surface area (Å²) < 4.78 is 16.8. The van der Waals surface area contributed by atoms with E-state index in [1.165, 1.54) is 12.1 Å². The second-order valence-electron chi connectivity index (χ2n) is 10.6. The summed E-state index contributed by atoms with van der Waals surface area (Å²) in [5.74, 6) is -0.272. The van der Waals surface area contributed by atoms with Gasteiger partial charge in [0.1, 0.15) is 6.10 Å². The van der Waals surface area contributed by atoms with Gasteiger partial charge in [-0.3, -0.25) is 14.9 Å². The Kier molecular flexibility index (Phi) is 7.91. The minimum atomic E-state index is -0.758. The molecule has 210 valence electrons. The average Bonchev–Trinajstić information content (AvgIpc) is 2.96. The van der Waals surface area contributed by atoms with Gasteiger partial charge in [-0.2, -0.15) is 0 Å². The molecule has 1 aliphatic heterocycles. The van der Waals surface area contributed by atoms with E-state index in [1.807, 2.05) is 18.2 Å². The quantitative estimate of drug-likeness (QED) is 0.261. The summed E-state index contributed by atoms with van der Waals surface area (Å²) in [6.45, 7) is 1.80. The third-order valence-electron chi connectivity index (χ3n) is 8.17. The number of nitro benzene ring substituents is 1. The maximum Gasteiger partial charge on any atom is 0.337 e. The Morgan fingerprint density at radius 1 is 0.975 bits per heavy atom. The Labute approximate surface area is 233 Å². The fourth-order valence-electron chi connectivity index (χ4n) is 6.20. The van der Waals surface area contributed by atoms with Gasteiger partial charge in [0.2, 0.25) is 0 Å². The van der Waals surface area contributed by atoms with Crippen molar-refractivity contribution in [1.29, 1.82) is 0 Å². The highest BCUT2D eigenvalue weighted by Crippen LogP contribution is 2.47. The van der Waals surface area contributed by atoms with E-state index < -0.39 is 16.8 Å². The van der Waals surface area contributed by atoms with Gasteiger partial charge >= 0.3 is 5.97 Å². The van der Waals surface area contributed by atoms with Crippen molar-refractivity contribution in [3.8, 4) is 11.5 Å². The Morgan fingerprint density at radius 2 is 1.73 bits per heavy atom. The zero-order chi connectivity index (χ0) is 28.4. The zero-order valence-electron chi connectivity index (χ0n) is 23.0. The molecule has 1 N–H and O–H groups in total. The number of non-ortho nitro benzene ring substituents is 1. The SMILES string of the molecule is COc1ccc([C@H]2CC(=O)C3=C(C2)NC(C)=C(C(=O)OC2CCCCC2)[C@H]3c2cccc([N+](=O)[O-])c2)cc1OC. The van der Waals surface area contributed by atoms with Crippen LogP contribution in [-0.4, -0.2) is 37.0 Å². The maximum atomic E-state index is 13.9. The third-order valence-corrected chi connectivity index (χ3v) is 8.17. The summed E-state index contributed by atoms with van der Waals surface area (Å²) in [5.41, 5.74) is 3.49. The van der Waals surface area contributed by atoms with E-state index in [1.54, 1.807) is 33.3 Å². The normalized spacial score (nSPS) is 21.4. The number of methoxy groups -OCH3 is 2. The maximum absolute atomic E-state index is 13.9. The van der Waals surface area contributed by atoms with Crippen molar-refractivity contribution in [2.24, 2.45) is 0 Å². The molecule has 5 rings (SSSR count). The van der Waals surface area contributed by atoms with Crippen molar-refractivity contribution < 1.29 is 28.7 Å². The molecular formula is C31H34N2O7. The average molecular weight is 547 g/mol. The number of carbonyl (C=O) groups excluding carboxylic acids is 2. The number of rotatable bonds is 7. The molecule has 3 aliphatic rings. The van der Waals surface area contributed by atoms with E-state index in [4.69, 9.17) is 14.2 Å². The Hall–Kier alpha value is -4.14. The van der Waals surface area contributed by atoms with Gasteiger partial charge in [-0.25, -0.2) is 4.79 Å². The van der Waals surface area contributed by atoms with Crippen LogP contribution in [-0.2, 0) is 14.3 Å². The summed E-state index contributed by atoms with van der Waals surface area (Å²) in [4.78, 5) is 38.7. The standard InChI is InChI=1S/C31H34N2O7/c1-18-28(31(35)40-23-10-5-4-6-11-23)29(20-8-7-9-22(14-20)33(36)37)30-24(32-18)15-21(16-25(30)34)19-12-13-26(38-2)27(17-19)39-3/h7-9,12-14,17,21,23,29,32H,4-6,10-11,15-16H2,1-3H3/t21-,29-/m1/s1. The molecule has 2 aliphatic carbocycles. The smallest absolute Gasteiger partial charge is 0.337 e. The van der Waals surface area contributed by atoms with Crippen molar-refractivity contribution in [2.75, 3.05) is 14.2 Å². The Morgan fingerprint density at radius 3 is 2.42 bits per heavy atom. The molecule has 0 amide bonds. The minimum Gasteiger partial charge on any atom is -0.493 e. The highest BCUT2D eigenvalue weighted by atomic mass is 16.6. The van der Waals surface area contributed by atoms with Crippen molar-refractivity contribution in [3.63, 3.8) is 0 Å². The van der Waals surface area contributed by atoms with Gasteiger partial charge in [0.05, 0.1) is 24.7 Å². The van der Waals surface area contributed by atoms with Gasteiger partial charge in [0.15, 0.2) is 17.3 Å². The fraction of sp³-hybridized carbons (Fsp3) is 0.419. The number of hydrogen-bond acceptors (Lipinski definition) is 8. The van der Waals surface area contributed by atoms with Crippen LogP contribution in [0.1, 0.15) is 74.8 Å². The number of nitrogens with zero attached hydrogens (tertiary/aromatic N) is 1. The molecule has 0 bridgehead atoms. The lowest BCUT2D eigenvalue weighted by atomic mass is 9.71. The number of Topliss-reactive ketones (excluding diaryl/α,β-unsaturated/α-hetero) is 1. The van der Waals surface area contributed by atoms with Crippen LogP contribution in [0.5, 0.6) is 11.5 Å². The molecule has 0 saturated heterocycles. The number of hydrogen-bond donors (Lipinski definition) is 1. The van der Waals surface area contributed by atoms with Gasteiger partial charge in [0, 0.05) is 41.4 Å². The van der Waals surface area contributed by atoms with E-state index in [9.17, 15) is 19.7 Å². The lowest BCUT2D eigenvalue weighted by Crippen LogP contribution is -2.37. The first-order valence-electron chi connectivity index (χ1n) is 13.7. The Balaban J connectivity index is 1.54. The first-order chi connectivity index (χ1) is 19.3. The van der Waals surface area contributed by atoms with Crippen molar-refractivity contribution in [2.45, 2.75) is 69.8 Å². The molecule has 0 unspecified atom stereocenters. The van der Waals surface area contributed by atoms with Gasteiger partial charge in [0.25, 0.3) is 5.69 Å². The first kappa shape index (κ1) is 27.4. The zero-order valence-corrected chi connectivity index (χ0v) is 23.0. The van der Waals surface area contributed by atoms with Crippen LogP contribution in [0.2, 0.25) is 0 Å². The number of ketones is 1. The minimum absolute atomic E-state index is 0.0951. The summed E-state index contributed by atoms with van der Waals surface area (Å²) in [5, 5.41) is 15.0. The second kappa shape index (κ2) is 11.5. The van der Waals surface area contributed by atoms with Crippen molar-refractivity contribution in [1.82, 2.24) is 5.32 Å². The third kappa shape index (κ3) is 5.33. The molecule has 1 saturated carbocycles. The lowest BCUT2D eigenvalue weighted by Gasteiger charge is -2.37. The summed E-state index contributed by atoms with van der Waals surface area (Å²) in [7, 11) is 3.15.